The maximum Gasteiger partial charge on any atom is 0.306 e. The fraction of sp³-hybridized carbons (Fsp3) is 0.483. The molecule has 3 aromatic rings. The third-order valence-electron chi connectivity index (χ3n) is 5.69. The van der Waals surface area contributed by atoms with Crippen molar-refractivity contribution >= 4 is 18.0 Å². The van der Waals surface area contributed by atoms with E-state index >= 15 is 0 Å². The largest absolute Gasteiger partial charge is 0.460 e. The van der Waals surface area contributed by atoms with Crippen LogP contribution in [0.25, 0.3) is 11.5 Å². The Labute approximate surface area is 222 Å². The molecule has 3 rings (SSSR count). The van der Waals surface area contributed by atoms with Gasteiger partial charge in [-0.25, -0.2) is 0 Å². The van der Waals surface area contributed by atoms with Crippen LogP contribution < -0.4 is 0 Å². The van der Waals surface area contributed by atoms with Gasteiger partial charge in [-0.05, 0) is 39.2 Å². The second-order valence-electron chi connectivity index (χ2n) is 11.3. The van der Waals surface area contributed by atoms with Gasteiger partial charge in [-0.2, -0.15) is 0 Å². The van der Waals surface area contributed by atoms with Crippen LogP contribution in [0.15, 0.2) is 45.4 Å². The summed E-state index contributed by atoms with van der Waals surface area (Å²) in [5, 5.41) is 8.07. The van der Waals surface area contributed by atoms with E-state index in [0.717, 1.165) is 5.56 Å². The van der Waals surface area contributed by atoms with Gasteiger partial charge in [0.1, 0.15) is 5.60 Å². The summed E-state index contributed by atoms with van der Waals surface area (Å²) in [4.78, 5) is 37.4. The fourth-order valence-electron chi connectivity index (χ4n) is 3.88. The van der Waals surface area contributed by atoms with E-state index in [1.54, 1.807) is 41.5 Å². The third-order valence-corrected chi connectivity index (χ3v) is 5.69. The minimum Gasteiger partial charge on any atom is -0.460 e. The lowest BCUT2D eigenvalue weighted by Crippen LogP contribution is -2.25. The standard InChI is InChI=1S/C29H36N2O7/c1-28(2,3)27(34)23-16-22(30-37-23)26-21(17-32)25(31-38-26)20(15-24(33)36-29(4,5)6)13-10-14-35-18-19-11-8-7-9-12-19/h7-9,11-12,16-17,20H,10,13-15,18H2,1-6H3/t20-/m0/s1. The normalized spacial score (nSPS) is 12.8. The van der Waals surface area contributed by atoms with Crippen LogP contribution >= 0.6 is 0 Å². The monoisotopic (exact) mass is 524 g/mol. The number of Topliss-reactive ketones (excluding diaryl/α,β-unsaturated/α-hetero) is 1. The van der Waals surface area contributed by atoms with E-state index in [4.69, 9.17) is 18.5 Å². The number of hydrogen-bond acceptors (Lipinski definition) is 9. The van der Waals surface area contributed by atoms with Gasteiger partial charge in [0.15, 0.2) is 17.7 Å². The SMILES string of the molecule is CC(C)(C)OC(=O)C[C@H](CCCOCc1ccccc1)c1noc(-c2cc(C(=O)C(C)(C)C)on2)c1C=O. The predicted octanol–water partition coefficient (Wildman–Crippen LogP) is 6.18. The van der Waals surface area contributed by atoms with Crippen LogP contribution in [-0.2, 0) is 20.9 Å². The average molecular weight is 525 g/mol. The van der Waals surface area contributed by atoms with Gasteiger partial charge >= 0.3 is 5.97 Å². The first-order chi connectivity index (χ1) is 17.9. The molecule has 2 aromatic heterocycles. The number of carbonyl (C=O) groups excluding carboxylic acids is 3. The zero-order valence-corrected chi connectivity index (χ0v) is 22.9. The minimum absolute atomic E-state index is 0.00927. The Kier molecular flexibility index (Phi) is 9.38. The van der Waals surface area contributed by atoms with Gasteiger partial charge in [0, 0.05) is 24.0 Å². The number of aromatic nitrogens is 2. The van der Waals surface area contributed by atoms with E-state index in [0.29, 0.717) is 38.0 Å². The number of ketones is 1. The Morgan fingerprint density at radius 2 is 1.74 bits per heavy atom. The second-order valence-corrected chi connectivity index (χ2v) is 11.3. The Morgan fingerprint density at radius 3 is 2.37 bits per heavy atom. The molecule has 0 radical (unpaired) electrons. The first-order valence-electron chi connectivity index (χ1n) is 12.7. The molecule has 0 aliphatic rings. The number of esters is 1. The summed E-state index contributed by atoms with van der Waals surface area (Å²) >= 11 is 0. The lowest BCUT2D eigenvalue weighted by Gasteiger charge is -2.21. The zero-order chi connectivity index (χ0) is 27.9. The molecule has 0 spiro atoms. The van der Waals surface area contributed by atoms with E-state index in [1.807, 2.05) is 30.3 Å². The molecule has 0 aliphatic carbocycles. The van der Waals surface area contributed by atoms with Gasteiger partial charge < -0.3 is 18.5 Å². The van der Waals surface area contributed by atoms with Gasteiger partial charge in [0.05, 0.1) is 24.3 Å². The van der Waals surface area contributed by atoms with Gasteiger partial charge in [0.25, 0.3) is 0 Å². The molecule has 0 amide bonds. The van der Waals surface area contributed by atoms with Crippen molar-refractivity contribution in [2.24, 2.45) is 5.41 Å². The maximum absolute atomic E-state index is 12.7. The van der Waals surface area contributed by atoms with Crippen LogP contribution in [0.3, 0.4) is 0 Å². The van der Waals surface area contributed by atoms with E-state index in [1.165, 1.54) is 6.07 Å². The molecule has 0 aliphatic heterocycles. The topological polar surface area (TPSA) is 122 Å². The number of aldehydes is 1. The molecular formula is C29H36N2O7. The van der Waals surface area contributed by atoms with Crippen LogP contribution in [0.4, 0.5) is 0 Å². The summed E-state index contributed by atoms with van der Waals surface area (Å²) < 4.78 is 22.0. The number of hydrogen-bond donors (Lipinski definition) is 0. The highest BCUT2D eigenvalue weighted by Gasteiger charge is 2.31. The first kappa shape index (κ1) is 29.0. The molecule has 0 unspecified atom stereocenters. The molecule has 204 valence electrons. The minimum atomic E-state index is -0.669. The summed E-state index contributed by atoms with van der Waals surface area (Å²) in [6, 6.07) is 11.3. The van der Waals surface area contributed by atoms with E-state index in [2.05, 4.69) is 10.3 Å². The smallest absolute Gasteiger partial charge is 0.306 e. The summed E-state index contributed by atoms with van der Waals surface area (Å²) in [5.74, 6) is -0.953. The van der Waals surface area contributed by atoms with Crippen molar-refractivity contribution in [3.8, 4) is 11.5 Å². The van der Waals surface area contributed by atoms with E-state index in [9.17, 15) is 14.4 Å². The van der Waals surface area contributed by atoms with Crippen molar-refractivity contribution < 1.29 is 32.9 Å². The molecular weight excluding hydrogens is 488 g/mol. The number of rotatable bonds is 12. The van der Waals surface area contributed by atoms with Crippen LogP contribution in [0.2, 0.25) is 0 Å². The molecule has 9 nitrogen and oxygen atoms in total. The maximum atomic E-state index is 12.7. The third kappa shape index (κ3) is 7.95. The predicted molar refractivity (Wildman–Crippen MR) is 140 cm³/mol. The molecule has 0 N–H and O–H groups in total. The molecule has 0 fully saturated rings. The number of nitrogens with zero attached hydrogens (tertiary/aromatic N) is 2. The van der Waals surface area contributed by atoms with Crippen LogP contribution in [0.1, 0.15) is 98.9 Å². The molecule has 0 saturated carbocycles. The molecule has 0 saturated heterocycles. The molecule has 9 heteroatoms. The second kappa shape index (κ2) is 12.3. The van der Waals surface area contributed by atoms with Crippen molar-refractivity contribution in [1.82, 2.24) is 10.3 Å². The van der Waals surface area contributed by atoms with Crippen molar-refractivity contribution in [1.29, 1.82) is 0 Å². The van der Waals surface area contributed by atoms with Crippen molar-refractivity contribution in [2.45, 2.75) is 78.9 Å². The van der Waals surface area contributed by atoms with Crippen molar-refractivity contribution in [3.05, 3.63) is 59.0 Å². The molecule has 2 heterocycles. The molecule has 38 heavy (non-hydrogen) atoms. The Balaban J connectivity index is 1.79. The molecule has 0 bridgehead atoms. The van der Waals surface area contributed by atoms with Gasteiger partial charge in [-0.3, -0.25) is 14.4 Å². The van der Waals surface area contributed by atoms with Crippen LogP contribution in [0, 0.1) is 5.41 Å². The van der Waals surface area contributed by atoms with Crippen LogP contribution in [0.5, 0.6) is 0 Å². The number of benzene rings is 1. The summed E-state index contributed by atoms with van der Waals surface area (Å²) in [6.07, 6.45) is 1.76. The summed E-state index contributed by atoms with van der Waals surface area (Å²) in [5.41, 5.74) is 0.416. The molecule has 1 aromatic carbocycles. The van der Waals surface area contributed by atoms with Crippen molar-refractivity contribution in [3.63, 3.8) is 0 Å². The number of ether oxygens (including phenoxy) is 2. The fourth-order valence-corrected chi connectivity index (χ4v) is 3.88. The van der Waals surface area contributed by atoms with Crippen LogP contribution in [-0.4, -0.2) is 40.6 Å². The Morgan fingerprint density at radius 1 is 1.03 bits per heavy atom. The number of carbonyl (C=O) groups is 3. The van der Waals surface area contributed by atoms with Gasteiger partial charge in [0.2, 0.25) is 11.5 Å². The lowest BCUT2D eigenvalue weighted by molar-refractivity contribution is -0.155. The molecule has 1 atom stereocenters. The Hall–Kier alpha value is -3.59. The summed E-state index contributed by atoms with van der Waals surface area (Å²) in [7, 11) is 0. The average Bonchev–Trinajstić information content (AvgIpc) is 3.48. The van der Waals surface area contributed by atoms with E-state index < -0.39 is 22.9 Å². The zero-order valence-electron chi connectivity index (χ0n) is 22.9. The highest BCUT2D eigenvalue weighted by Crippen LogP contribution is 2.34. The Bertz CT molecular complexity index is 1230. The van der Waals surface area contributed by atoms with Gasteiger partial charge in [-0.15, -0.1) is 0 Å². The highest BCUT2D eigenvalue weighted by atomic mass is 16.6. The quantitative estimate of drug-likeness (QED) is 0.118. The van der Waals surface area contributed by atoms with Gasteiger partial charge in [-0.1, -0.05) is 61.4 Å². The van der Waals surface area contributed by atoms with E-state index in [-0.39, 0.29) is 35.0 Å². The lowest BCUT2D eigenvalue weighted by atomic mass is 9.89. The first-order valence-corrected chi connectivity index (χ1v) is 12.7. The van der Waals surface area contributed by atoms with Crippen molar-refractivity contribution in [2.75, 3.05) is 6.61 Å². The summed E-state index contributed by atoms with van der Waals surface area (Å²) in [6.45, 7) is 11.6. The highest BCUT2D eigenvalue weighted by molar-refractivity contribution is 5.98.